The Kier molecular flexibility index (Phi) is 23.8. The Morgan fingerprint density at radius 2 is 0.968 bits per heavy atom. The summed E-state index contributed by atoms with van der Waals surface area (Å²) in [5.41, 5.74) is 0. The lowest BCUT2D eigenvalue weighted by molar-refractivity contribution is -0.108. The highest BCUT2D eigenvalue weighted by molar-refractivity contribution is 5.49. The molecule has 0 aliphatic carbocycles. The van der Waals surface area contributed by atoms with E-state index < -0.39 is 0 Å². The summed E-state index contributed by atoms with van der Waals surface area (Å²) >= 11 is 0. The van der Waals surface area contributed by atoms with Crippen LogP contribution in [0.4, 0.5) is 0 Å². The molecule has 0 fully saturated rings. The van der Waals surface area contributed by atoms with Gasteiger partial charge in [-0.25, -0.2) is 0 Å². The third-order valence-corrected chi connectivity index (χ3v) is 6.28. The third-order valence-electron chi connectivity index (χ3n) is 6.28. The van der Waals surface area contributed by atoms with Gasteiger partial charge >= 0.3 is 0 Å². The van der Waals surface area contributed by atoms with Crippen molar-refractivity contribution in [3.8, 4) is 0 Å². The monoisotopic (exact) mass is 441 g/mol. The number of nitrogens with zero attached hydrogens (tertiary/aromatic N) is 1. The average Bonchev–Trinajstić information content (AvgIpc) is 2.75. The van der Waals surface area contributed by atoms with Crippen LogP contribution in [0.2, 0.25) is 0 Å². The number of aldehydes is 1. The largest absolute Gasteiger partial charge is 0.392 e. The number of carbonyl (C=O) groups is 1. The molecule has 4 heteroatoms. The van der Waals surface area contributed by atoms with Gasteiger partial charge in [0, 0.05) is 26.1 Å². The first-order valence-corrected chi connectivity index (χ1v) is 13.7. The standard InChI is InChI=1S/C27H55NO3/c1-3-5-7-9-11-13-15-17-20-26(30)24-28(22-19-23-29)25-27(31)21-18-16-14-12-10-8-6-4-2/h23,26-27,30-31H,3-22,24-25H2,1-2H3. The molecule has 0 aromatic rings. The molecule has 0 bridgehead atoms. The lowest BCUT2D eigenvalue weighted by Gasteiger charge is -2.27. The molecule has 0 aliphatic rings. The van der Waals surface area contributed by atoms with Gasteiger partial charge in [0.1, 0.15) is 6.29 Å². The molecule has 2 unspecified atom stereocenters. The van der Waals surface area contributed by atoms with Gasteiger partial charge in [0.15, 0.2) is 0 Å². The highest BCUT2D eigenvalue weighted by Crippen LogP contribution is 2.13. The molecule has 0 heterocycles. The first-order valence-electron chi connectivity index (χ1n) is 13.7. The van der Waals surface area contributed by atoms with Crippen molar-refractivity contribution in [3.05, 3.63) is 0 Å². The zero-order valence-electron chi connectivity index (χ0n) is 21.0. The predicted octanol–water partition coefficient (Wildman–Crippen LogP) is 6.66. The van der Waals surface area contributed by atoms with Gasteiger partial charge in [-0.2, -0.15) is 0 Å². The fraction of sp³-hybridized carbons (Fsp3) is 0.963. The minimum atomic E-state index is -0.359. The Morgan fingerprint density at radius 3 is 1.32 bits per heavy atom. The van der Waals surface area contributed by atoms with Crippen molar-refractivity contribution in [2.45, 2.75) is 148 Å². The molecule has 0 aliphatic heterocycles. The van der Waals surface area contributed by atoms with E-state index in [1.54, 1.807) is 0 Å². The van der Waals surface area contributed by atoms with Crippen molar-refractivity contribution in [2.24, 2.45) is 0 Å². The van der Waals surface area contributed by atoms with E-state index in [9.17, 15) is 15.0 Å². The highest BCUT2D eigenvalue weighted by Gasteiger charge is 2.15. The summed E-state index contributed by atoms with van der Waals surface area (Å²) in [7, 11) is 0. The fourth-order valence-electron chi connectivity index (χ4n) is 4.30. The van der Waals surface area contributed by atoms with Crippen LogP contribution in [0.3, 0.4) is 0 Å². The summed E-state index contributed by atoms with van der Waals surface area (Å²) in [5, 5.41) is 20.9. The third kappa shape index (κ3) is 22.5. The average molecular weight is 442 g/mol. The number of unbranched alkanes of at least 4 members (excludes halogenated alkanes) is 14. The van der Waals surface area contributed by atoms with Gasteiger partial charge in [-0.1, -0.05) is 117 Å². The van der Waals surface area contributed by atoms with Crippen LogP contribution in [-0.4, -0.2) is 53.2 Å². The molecule has 0 aromatic heterocycles. The summed E-state index contributed by atoms with van der Waals surface area (Å²) in [6.45, 7) is 6.26. The van der Waals surface area contributed by atoms with Gasteiger partial charge in [0.05, 0.1) is 12.2 Å². The van der Waals surface area contributed by atoms with E-state index in [1.165, 1.54) is 89.9 Å². The molecule has 0 saturated heterocycles. The smallest absolute Gasteiger partial charge is 0.121 e. The van der Waals surface area contributed by atoms with Gasteiger partial charge in [0.2, 0.25) is 0 Å². The lowest BCUT2D eigenvalue weighted by atomic mass is 10.0. The number of rotatable bonds is 25. The van der Waals surface area contributed by atoms with Crippen LogP contribution in [0.15, 0.2) is 0 Å². The van der Waals surface area contributed by atoms with E-state index >= 15 is 0 Å². The molecule has 0 amide bonds. The molecule has 4 nitrogen and oxygen atoms in total. The second kappa shape index (κ2) is 24.2. The van der Waals surface area contributed by atoms with Crippen molar-refractivity contribution in [3.63, 3.8) is 0 Å². The van der Waals surface area contributed by atoms with Crippen molar-refractivity contribution in [1.82, 2.24) is 4.90 Å². The Balaban J connectivity index is 3.89. The van der Waals surface area contributed by atoms with Crippen molar-refractivity contribution in [1.29, 1.82) is 0 Å². The zero-order chi connectivity index (χ0) is 23.0. The SMILES string of the molecule is CCCCCCCCCCC(O)CN(CCC=O)CC(O)CCCCCCCCCC. The molecule has 0 rings (SSSR count). The number of hydrogen-bond donors (Lipinski definition) is 2. The lowest BCUT2D eigenvalue weighted by Crippen LogP contribution is -2.38. The van der Waals surface area contributed by atoms with Gasteiger partial charge in [-0.3, -0.25) is 4.90 Å². The Bertz CT molecular complexity index is 336. The normalized spacial score (nSPS) is 13.6. The maximum absolute atomic E-state index is 10.8. The molecule has 0 saturated carbocycles. The van der Waals surface area contributed by atoms with Crippen LogP contribution in [0.1, 0.15) is 136 Å². The topological polar surface area (TPSA) is 60.8 Å². The van der Waals surface area contributed by atoms with E-state index in [0.29, 0.717) is 26.1 Å². The predicted molar refractivity (Wildman–Crippen MR) is 134 cm³/mol. The molecule has 186 valence electrons. The summed E-state index contributed by atoms with van der Waals surface area (Å²) in [6.07, 6.45) is 22.7. The van der Waals surface area contributed by atoms with Crippen LogP contribution >= 0.6 is 0 Å². The minimum absolute atomic E-state index is 0.359. The first-order chi connectivity index (χ1) is 15.1. The number of carbonyl (C=O) groups excluding carboxylic acids is 1. The molecule has 31 heavy (non-hydrogen) atoms. The van der Waals surface area contributed by atoms with Crippen LogP contribution in [0.25, 0.3) is 0 Å². The molecule has 0 spiro atoms. The van der Waals surface area contributed by atoms with E-state index in [0.717, 1.165) is 32.0 Å². The van der Waals surface area contributed by atoms with Gasteiger partial charge in [-0.05, 0) is 12.8 Å². The zero-order valence-corrected chi connectivity index (χ0v) is 21.0. The van der Waals surface area contributed by atoms with Crippen molar-refractivity contribution < 1.29 is 15.0 Å². The van der Waals surface area contributed by atoms with Crippen LogP contribution in [-0.2, 0) is 4.79 Å². The number of aliphatic hydroxyl groups is 2. The van der Waals surface area contributed by atoms with E-state index in [4.69, 9.17) is 0 Å². The summed E-state index contributed by atoms with van der Waals surface area (Å²) < 4.78 is 0. The minimum Gasteiger partial charge on any atom is -0.392 e. The quantitative estimate of drug-likeness (QED) is 0.123. The number of aliphatic hydroxyl groups excluding tert-OH is 2. The number of hydrogen-bond acceptors (Lipinski definition) is 4. The second-order valence-corrected chi connectivity index (χ2v) is 9.55. The van der Waals surface area contributed by atoms with Crippen molar-refractivity contribution in [2.75, 3.05) is 19.6 Å². The van der Waals surface area contributed by atoms with Crippen LogP contribution < -0.4 is 0 Å². The highest BCUT2D eigenvalue weighted by atomic mass is 16.3. The summed E-state index contributed by atoms with van der Waals surface area (Å²) in [4.78, 5) is 12.9. The second-order valence-electron chi connectivity index (χ2n) is 9.55. The molecule has 0 aromatic carbocycles. The first kappa shape index (κ1) is 30.6. The molecule has 2 N–H and O–H groups in total. The van der Waals surface area contributed by atoms with E-state index in [-0.39, 0.29) is 12.2 Å². The summed E-state index contributed by atoms with van der Waals surface area (Å²) in [6, 6.07) is 0. The molecular formula is C27H55NO3. The fourth-order valence-corrected chi connectivity index (χ4v) is 4.30. The maximum Gasteiger partial charge on any atom is 0.121 e. The van der Waals surface area contributed by atoms with E-state index in [1.807, 2.05) is 0 Å². The maximum atomic E-state index is 10.8. The van der Waals surface area contributed by atoms with Crippen LogP contribution in [0, 0.1) is 0 Å². The Morgan fingerprint density at radius 1 is 0.613 bits per heavy atom. The van der Waals surface area contributed by atoms with E-state index in [2.05, 4.69) is 18.7 Å². The van der Waals surface area contributed by atoms with Gasteiger partial charge in [0.25, 0.3) is 0 Å². The Hall–Kier alpha value is -0.450. The van der Waals surface area contributed by atoms with Gasteiger partial charge in [-0.15, -0.1) is 0 Å². The molecule has 2 atom stereocenters. The summed E-state index contributed by atoms with van der Waals surface area (Å²) in [5.74, 6) is 0. The van der Waals surface area contributed by atoms with Crippen molar-refractivity contribution >= 4 is 6.29 Å². The van der Waals surface area contributed by atoms with Crippen LogP contribution in [0.5, 0.6) is 0 Å². The van der Waals surface area contributed by atoms with Gasteiger partial charge < -0.3 is 15.0 Å². The molecule has 0 radical (unpaired) electrons. The molecular weight excluding hydrogens is 386 g/mol. The Labute approximate surface area is 194 Å².